The first-order chi connectivity index (χ1) is 6.92. The minimum atomic E-state index is 0.361. The summed E-state index contributed by atoms with van der Waals surface area (Å²) in [7, 11) is 0. The highest BCUT2D eigenvalue weighted by atomic mass is 16.7. The van der Waals surface area contributed by atoms with E-state index in [2.05, 4.69) is 18.2 Å². The number of fused-ring (bicyclic) bond motifs is 1. The largest absolute Gasteiger partial charge is 0.454 e. The Morgan fingerprint density at radius 3 is 2.86 bits per heavy atom. The third-order valence-electron chi connectivity index (χ3n) is 2.60. The van der Waals surface area contributed by atoms with Crippen molar-refractivity contribution >= 4 is 0 Å². The van der Waals surface area contributed by atoms with Crippen LogP contribution in [-0.4, -0.2) is 6.79 Å². The topological polar surface area (TPSA) is 18.5 Å². The molecular weight excluding hydrogens is 176 g/mol. The van der Waals surface area contributed by atoms with Crippen LogP contribution in [0.4, 0.5) is 0 Å². The van der Waals surface area contributed by atoms with Gasteiger partial charge in [-0.3, -0.25) is 0 Å². The molecule has 2 nitrogen and oxygen atoms in total. The van der Waals surface area contributed by atoms with Crippen molar-refractivity contribution in [1.82, 2.24) is 0 Å². The van der Waals surface area contributed by atoms with E-state index in [1.807, 2.05) is 6.07 Å². The quantitative estimate of drug-likeness (QED) is 0.664. The lowest BCUT2D eigenvalue weighted by Crippen LogP contribution is -1.92. The average Bonchev–Trinajstić information content (AvgIpc) is 2.92. The number of benzene rings is 1. The Bertz CT molecular complexity index is 387. The van der Waals surface area contributed by atoms with E-state index in [4.69, 9.17) is 9.47 Å². The molecule has 1 aliphatic carbocycles. The zero-order chi connectivity index (χ0) is 9.38. The predicted octanol–water partition coefficient (Wildman–Crippen LogP) is 2.68. The highest BCUT2D eigenvalue weighted by molar-refractivity contribution is 5.45. The zero-order valence-corrected chi connectivity index (χ0v) is 7.95. The molecule has 72 valence electrons. The van der Waals surface area contributed by atoms with Crippen molar-refractivity contribution in [3.8, 4) is 11.5 Å². The van der Waals surface area contributed by atoms with E-state index in [0.29, 0.717) is 6.79 Å². The van der Waals surface area contributed by atoms with Crippen LogP contribution >= 0.6 is 0 Å². The van der Waals surface area contributed by atoms with Crippen LogP contribution in [0, 0.1) is 0 Å². The molecule has 1 fully saturated rings. The first-order valence-corrected chi connectivity index (χ1v) is 4.98. The molecule has 3 rings (SSSR count). The van der Waals surface area contributed by atoms with Gasteiger partial charge in [-0.1, -0.05) is 17.7 Å². The van der Waals surface area contributed by atoms with Gasteiger partial charge in [0.1, 0.15) is 0 Å². The first kappa shape index (κ1) is 7.92. The molecule has 0 unspecified atom stereocenters. The highest BCUT2D eigenvalue weighted by Crippen LogP contribution is 2.33. The number of ether oxygens (including phenoxy) is 2. The lowest BCUT2D eigenvalue weighted by Gasteiger charge is -1.99. The Kier molecular flexibility index (Phi) is 1.72. The summed E-state index contributed by atoms with van der Waals surface area (Å²) in [5.74, 6) is 1.75. The lowest BCUT2D eigenvalue weighted by atomic mass is 10.1. The van der Waals surface area contributed by atoms with Gasteiger partial charge in [0.2, 0.25) is 6.79 Å². The van der Waals surface area contributed by atoms with Crippen LogP contribution in [0.2, 0.25) is 0 Å². The molecule has 1 aromatic rings. The van der Waals surface area contributed by atoms with Gasteiger partial charge in [0.05, 0.1) is 0 Å². The molecule has 0 aromatic heterocycles. The van der Waals surface area contributed by atoms with E-state index in [1.54, 1.807) is 5.57 Å². The maximum Gasteiger partial charge on any atom is 0.231 e. The van der Waals surface area contributed by atoms with Crippen LogP contribution in [0.25, 0.3) is 0 Å². The fourth-order valence-corrected chi connectivity index (χ4v) is 1.61. The molecular formula is C12H12O2. The predicted molar refractivity (Wildman–Crippen MR) is 53.6 cm³/mol. The summed E-state index contributed by atoms with van der Waals surface area (Å²) in [4.78, 5) is 0. The summed E-state index contributed by atoms with van der Waals surface area (Å²) >= 11 is 0. The van der Waals surface area contributed by atoms with Crippen LogP contribution in [0.1, 0.15) is 18.4 Å². The van der Waals surface area contributed by atoms with Crippen LogP contribution in [-0.2, 0) is 6.42 Å². The van der Waals surface area contributed by atoms with Gasteiger partial charge in [-0.15, -0.1) is 0 Å². The molecule has 0 atom stereocenters. The highest BCUT2D eigenvalue weighted by Gasteiger charge is 2.13. The molecule has 0 N–H and O–H groups in total. The Morgan fingerprint density at radius 2 is 2.00 bits per heavy atom. The van der Waals surface area contributed by atoms with Gasteiger partial charge in [0, 0.05) is 0 Å². The Balaban J connectivity index is 1.81. The summed E-state index contributed by atoms with van der Waals surface area (Å²) < 4.78 is 10.6. The van der Waals surface area contributed by atoms with Gasteiger partial charge < -0.3 is 9.47 Å². The van der Waals surface area contributed by atoms with Gasteiger partial charge in [-0.2, -0.15) is 0 Å². The normalized spacial score (nSPS) is 17.0. The molecule has 0 spiro atoms. The molecule has 1 saturated carbocycles. The molecule has 0 saturated heterocycles. The van der Waals surface area contributed by atoms with E-state index in [-0.39, 0.29) is 0 Å². The van der Waals surface area contributed by atoms with Crippen molar-refractivity contribution in [1.29, 1.82) is 0 Å². The number of allylic oxidation sites excluding steroid dienone is 2. The van der Waals surface area contributed by atoms with E-state index in [1.165, 1.54) is 18.4 Å². The maximum atomic E-state index is 5.32. The molecule has 0 radical (unpaired) electrons. The van der Waals surface area contributed by atoms with Crippen molar-refractivity contribution in [3.05, 3.63) is 35.4 Å². The van der Waals surface area contributed by atoms with Crippen molar-refractivity contribution in [2.24, 2.45) is 0 Å². The number of hydrogen-bond donors (Lipinski definition) is 0. The fraction of sp³-hybridized carbons (Fsp3) is 0.333. The van der Waals surface area contributed by atoms with Crippen molar-refractivity contribution < 1.29 is 9.47 Å². The Hall–Kier alpha value is -1.44. The zero-order valence-electron chi connectivity index (χ0n) is 7.95. The first-order valence-electron chi connectivity index (χ1n) is 4.98. The van der Waals surface area contributed by atoms with Gasteiger partial charge in [0.25, 0.3) is 0 Å². The summed E-state index contributed by atoms with van der Waals surface area (Å²) in [5, 5.41) is 0. The molecule has 0 bridgehead atoms. The van der Waals surface area contributed by atoms with E-state index in [0.717, 1.165) is 17.9 Å². The summed E-state index contributed by atoms with van der Waals surface area (Å²) in [5.41, 5.74) is 2.89. The van der Waals surface area contributed by atoms with Gasteiger partial charge in [-0.05, 0) is 37.0 Å². The third kappa shape index (κ3) is 1.48. The summed E-state index contributed by atoms with van der Waals surface area (Å²) in [6.45, 7) is 0.361. The summed E-state index contributed by atoms with van der Waals surface area (Å²) in [6.07, 6.45) is 5.93. The molecule has 2 aliphatic rings. The van der Waals surface area contributed by atoms with E-state index >= 15 is 0 Å². The molecule has 0 amide bonds. The second-order valence-electron chi connectivity index (χ2n) is 3.75. The van der Waals surface area contributed by atoms with E-state index in [9.17, 15) is 0 Å². The molecule has 1 aromatic carbocycles. The standard InChI is InChI=1S/C12H12O2/c1-2-9(1)3-4-10-5-6-11-12(7-10)14-8-13-11/h3,5-7H,1-2,4,8H2. The fourth-order valence-electron chi connectivity index (χ4n) is 1.61. The average molecular weight is 188 g/mol. The van der Waals surface area contributed by atoms with Gasteiger partial charge in [0.15, 0.2) is 11.5 Å². The Morgan fingerprint density at radius 1 is 1.14 bits per heavy atom. The monoisotopic (exact) mass is 188 g/mol. The molecule has 1 heterocycles. The van der Waals surface area contributed by atoms with Gasteiger partial charge in [-0.25, -0.2) is 0 Å². The SMILES string of the molecule is C(Cc1ccc2c(c1)OCO2)=C1CC1. The third-order valence-corrected chi connectivity index (χ3v) is 2.60. The van der Waals surface area contributed by atoms with Crippen LogP contribution in [0.5, 0.6) is 11.5 Å². The van der Waals surface area contributed by atoms with Crippen LogP contribution in [0.15, 0.2) is 29.8 Å². The summed E-state index contributed by atoms with van der Waals surface area (Å²) in [6, 6.07) is 6.16. The number of hydrogen-bond acceptors (Lipinski definition) is 2. The molecule has 2 heteroatoms. The van der Waals surface area contributed by atoms with Crippen molar-refractivity contribution in [2.45, 2.75) is 19.3 Å². The minimum absolute atomic E-state index is 0.361. The number of rotatable bonds is 2. The van der Waals surface area contributed by atoms with Crippen molar-refractivity contribution in [3.63, 3.8) is 0 Å². The van der Waals surface area contributed by atoms with Crippen LogP contribution in [0.3, 0.4) is 0 Å². The molecule has 1 aliphatic heterocycles. The molecule has 14 heavy (non-hydrogen) atoms. The van der Waals surface area contributed by atoms with Crippen LogP contribution < -0.4 is 9.47 Å². The maximum absolute atomic E-state index is 5.32. The van der Waals surface area contributed by atoms with Crippen molar-refractivity contribution in [2.75, 3.05) is 6.79 Å². The minimum Gasteiger partial charge on any atom is -0.454 e. The van der Waals surface area contributed by atoms with E-state index < -0.39 is 0 Å². The lowest BCUT2D eigenvalue weighted by molar-refractivity contribution is 0.174. The smallest absolute Gasteiger partial charge is 0.231 e. The second kappa shape index (κ2) is 3.05. The second-order valence-corrected chi connectivity index (χ2v) is 3.75. The Labute approximate surface area is 83.1 Å². The van der Waals surface area contributed by atoms with Gasteiger partial charge >= 0.3 is 0 Å².